The fourth-order valence-corrected chi connectivity index (χ4v) is 2.06. The highest BCUT2D eigenvalue weighted by Crippen LogP contribution is 2.15. The Morgan fingerprint density at radius 2 is 1.65 bits per heavy atom. The van der Waals surface area contributed by atoms with Gasteiger partial charge in [0.25, 0.3) is 0 Å². The summed E-state index contributed by atoms with van der Waals surface area (Å²) in [6.45, 7) is 17.1. The largest absolute Gasteiger partial charge is 0.312 e. The number of nitrogens with zero attached hydrogens (tertiary/aromatic N) is 1. The zero-order valence-corrected chi connectivity index (χ0v) is 13.3. The van der Waals surface area contributed by atoms with Gasteiger partial charge in [0.2, 0.25) is 0 Å². The molecule has 0 aromatic heterocycles. The topological polar surface area (TPSA) is 15.3 Å². The minimum Gasteiger partial charge on any atom is -0.312 e. The summed E-state index contributed by atoms with van der Waals surface area (Å²) in [4.78, 5) is 2.53. The summed E-state index contributed by atoms with van der Waals surface area (Å²) in [6.07, 6.45) is 2.56. The van der Waals surface area contributed by atoms with E-state index in [1.54, 1.807) is 0 Å². The van der Waals surface area contributed by atoms with E-state index >= 15 is 0 Å². The first kappa shape index (κ1) is 16.9. The first-order valence-corrected chi connectivity index (χ1v) is 7.16. The van der Waals surface area contributed by atoms with Crippen molar-refractivity contribution in [2.24, 2.45) is 5.92 Å². The van der Waals surface area contributed by atoms with Gasteiger partial charge in [-0.05, 0) is 60.5 Å². The van der Waals surface area contributed by atoms with Crippen LogP contribution in [0.2, 0.25) is 0 Å². The van der Waals surface area contributed by atoms with Crippen molar-refractivity contribution < 1.29 is 0 Å². The third-order valence-corrected chi connectivity index (χ3v) is 3.82. The molecule has 0 aromatic carbocycles. The van der Waals surface area contributed by atoms with E-state index < -0.39 is 0 Å². The molecular weight excluding hydrogens is 208 g/mol. The van der Waals surface area contributed by atoms with Crippen molar-refractivity contribution in [3.63, 3.8) is 0 Å². The van der Waals surface area contributed by atoms with Crippen LogP contribution < -0.4 is 5.32 Å². The maximum absolute atomic E-state index is 3.60. The van der Waals surface area contributed by atoms with Crippen LogP contribution in [-0.2, 0) is 0 Å². The molecule has 0 bridgehead atoms. The Morgan fingerprint density at radius 1 is 1.12 bits per heavy atom. The first-order valence-electron chi connectivity index (χ1n) is 7.16. The second-order valence-corrected chi connectivity index (χ2v) is 6.65. The van der Waals surface area contributed by atoms with E-state index in [1.165, 1.54) is 12.8 Å². The summed E-state index contributed by atoms with van der Waals surface area (Å²) >= 11 is 0. The van der Waals surface area contributed by atoms with Gasteiger partial charge >= 0.3 is 0 Å². The molecule has 1 N–H and O–H groups in total. The number of hydrogen-bond acceptors (Lipinski definition) is 2. The molecule has 2 nitrogen and oxygen atoms in total. The second-order valence-electron chi connectivity index (χ2n) is 6.65. The Balaban J connectivity index is 4.15. The van der Waals surface area contributed by atoms with Gasteiger partial charge in [-0.2, -0.15) is 0 Å². The summed E-state index contributed by atoms with van der Waals surface area (Å²) in [5, 5.41) is 3.60. The van der Waals surface area contributed by atoms with E-state index in [0.29, 0.717) is 18.0 Å². The molecule has 0 fully saturated rings. The van der Waals surface area contributed by atoms with E-state index in [-0.39, 0.29) is 5.54 Å². The average Bonchev–Trinajstić information content (AvgIpc) is 2.23. The second kappa shape index (κ2) is 7.38. The van der Waals surface area contributed by atoms with Crippen molar-refractivity contribution in [2.45, 2.75) is 78.9 Å². The van der Waals surface area contributed by atoms with E-state index in [2.05, 4.69) is 65.7 Å². The minimum atomic E-state index is 0.224. The molecule has 0 spiro atoms. The van der Waals surface area contributed by atoms with Gasteiger partial charge in [0.15, 0.2) is 0 Å². The van der Waals surface area contributed by atoms with Crippen molar-refractivity contribution in [1.29, 1.82) is 0 Å². The molecular formula is C15H34N2. The van der Waals surface area contributed by atoms with Crippen LogP contribution in [0.15, 0.2) is 0 Å². The Bertz CT molecular complexity index is 196. The predicted molar refractivity (Wildman–Crippen MR) is 78.5 cm³/mol. The number of rotatable bonds is 7. The van der Waals surface area contributed by atoms with E-state index in [1.807, 2.05) is 0 Å². The fraction of sp³-hybridized carbons (Fsp3) is 1.00. The van der Waals surface area contributed by atoms with Gasteiger partial charge in [-0.1, -0.05) is 20.3 Å². The molecule has 3 atom stereocenters. The van der Waals surface area contributed by atoms with Crippen LogP contribution in [0.3, 0.4) is 0 Å². The number of hydrogen-bond donors (Lipinski definition) is 1. The third kappa shape index (κ3) is 7.05. The summed E-state index contributed by atoms with van der Waals surface area (Å²) in [5.41, 5.74) is 0.224. The van der Waals surface area contributed by atoms with Gasteiger partial charge in [-0.3, -0.25) is 0 Å². The van der Waals surface area contributed by atoms with Crippen LogP contribution in [0, 0.1) is 5.92 Å². The van der Waals surface area contributed by atoms with Gasteiger partial charge in [0.05, 0.1) is 0 Å². The molecule has 0 rings (SSSR count). The predicted octanol–water partition coefficient (Wildman–Crippen LogP) is 3.52. The summed E-state index contributed by atoms with van der Waals surface area (Å²) in [6, 6.07) is 1.32. The lowest BCUT2D eigenvalue weighted by molar-refractivity contribution is 0.139. The highest BCUT2D eigenvalue weighted by atomic mass is 15.2. The highest BCUT2D eigenvalue weighted by molar-refractivity contribution is 4.79. The van der Waals surface area contributed by atoms with Gasteiger partial charge in [-0.15, -0.1) is 0 Å². The van der Waals surface area contributed by atoms with Gasteiger partial charge in [0, 0.05) is 17.6 Å². The fourth-order valence-electron chi connectivity index (χ4n) is 2.06. The van der Waals surface area contributed by atoms with Crippen LogP contribution in [0.4, 0.5) is 0 Å². The van der Waals surface area contributed by atoms with Crippen molar-refractivity contribution in [2.75, 3.05) is 13.6 Å². The van der Waals surface area contributed by atoms with E-state index in [0.717, 1.165) is 6.54 Å². The monoisotopic (exact) mass is 242 g/mol. The van der Waals surface area contributed by atoms with E-state index in [4.69, 9.17) is 0 Å². The Hall–Kier alpha value is -0.0800. The van der Waals surface area contributed by atoms with Gasteiger partial charge in [-0.25, -0.2) is 0 Å². The lowest BCUT2D eigenvalue weighted by Gasteiger charge is -2.36. The molecule has 104 valence electrons. The Morgan fingerprint density at radius 3 is 2.06 bits per heavy atom. The molecule has 3 unspecified atom stereocenters. The third-order valence-electron chi connectivity index (χ3n) is 3.82. The molecule has 0 saturated heterocycles. The maximum atomic E-state index is 3.60. The lowest BCUT2D eigenvalue weighted by atomic mass is 9.98. The number of nitrogens with one attached hydrogen (secondary N) is 1. The highest BCUT2D eigenvalue weighted by Gasteiger charge is 2.21. The van der Waals surface area contributed by atoms with E-state index in [9.17, 15) is 0 Å². The molecule has 0 aliphatic heterocycles. The zero-order chi connectivity index (χ0) is 13.6. The summed E-state index contributed by atoms with van der Waals surface area (Å²) < 4.78 is 0. The first-order chi connectivity index (χ1) is 7.69. The molecule has 0 aliphatic rings. The zero-order valence-electron chi connectivity index (χ0n) is 13.3. The van der Waals surface area contributed by atoms with Crippen molar-refractivity contribution in [3.05, 3.63) is 0 Å². The lowest BCUT2D eigenvalue weighted by Crippen LogP contribution is -2.46. The normalized spacial score (nSPS) is 18.2. The van der Waals surface area contributed by atoms with Crippen LogP contribution in [0.25, 0.3) is 0 Å². The molecule has 0 radical (unpaired) electrons. The molecule has 0 aliphatic carbocycles. The molecule has 2 heteroatoms. The molecule has 0 saturated carbocycles. The van der Waals surface area contributed by atoms with Crippen LogP contribution in [0.1, 0.15) is 61.3 Å². The summed E-state index contributed by atoms with van der Waals surface area (Å²) in [7, 11) is 2.26. The van der Waals surface area contributed by atoms with Crippen molar-refractivity contribution in [3.8, 4) is 0 Å². The summed E-state index contributed by atoms with van der Waals surface area (Å²) in [5.74, 6) is 0.679. The van der Waals surface area contributed by atoms with Gasteiger partial charge in [0.1, 0.15) is 0 Å². The smallest absolute Gasteiger partial charge is 0.0104 e. The quantitative estimate of drug-likeness (QED) is 0.735. The van der Waals surface area contributed by atoms with Crippen LogP contribution in [0.5, 0.6) is 0 Å². The molecule has 0 amide bonds. The van der Waals surface area contributed by atoms with Gasteiger partial charge < -0.3 is 10.2 Å². The van der Waals surface area contributed by atoms with Crippen molar-refractivity contribution in [1.82, 2.24) is 10.2 Å². The molecule has 0 heterocycles. The van der Waals surface area contributed by atoms with Crippen molar-refractivity contribution >= 4 is 0 Å². The molecule has 17 heavy (non-hydrogen) atoms. The minimum absolute atomic E-state index is 0.224. The maximum Gasteiger partial charge on any atom is 0.0104 e. The average molecular weight is 242 g/mol. The van der Waals surface area contributed by atoms with Crippen LogP contribution in [-0.4, -0.2) is 36.1 Å². The Labute approximate surface area is 109 Å². The van der Waals surface area contributed by atoms with Crippen LogP contribution >= 0.6 is 0 Å². The Kier molecular flexibility index (Phi) is 7.34. The molecule has 0 aromatic rings. The standard InChI is InChI=1S/C15H34N2/c1-9-10-13(3)17(8)14(4)12(2)11-16-15(5,6)7/h12-14,16H,9-11H2,1-8H3. The SMILES string of the molecule is CCCC(C)N(C)C(C)C(C)CNC(C)(C)C.